The van der Waals surface area contributed by atoms with Gasteiger partial charge in [0.25, 0.3) is 0 Å². The molecule has 1 aromatic rings. The van der Waals surface area contributed by atoms with Gasteiger partial charge in [-0.05, 0) is 25.6 Å². The number of hydrogen-bond donors (Lipinski definition) is 1. The predicted octanol–water partition coefficient (Wildman–Crippen LogP) is 1.67. The molecule has 0 saturated heterocycles. The zero-order chi connectivity index (χ0) is 9.68. The van der Waals surface area contributed by atoms with Crippen LogP contribution in [0.25, 0.3) is 0 Å². The van der Waals surface area contributed by atoms with E-state index in [4.69, 9.17) is 4.74 Å². The zero-order valence-electron chi connectivity index (χ0n) is 7.32. The predicted molar refractivity (Wildman–Crippen MR) is 47.3 cm³/mol. The SMILES string of the molecule is C=C(OON)Oc1ccc(C)cc1. The topological polar surface area (TPSA) is 53.7 Å². The maximum atomic E-state index is 5.09. The highest BCUT2D eigenvalue weighted by Crippen LogP contribution is 2.14. The number of rotatable bonds is 4. The van der Waals surface area contributed by atoms with Crippen molar-refractivity contribution in [2.75, 3.05) is 0 Å². The molecule has 4 heteroatoms. The molecule has 4 nitrogen and oxygen atoms in total. The van der Waals surface area contributed by atoms with Crippen molar-refractivity contribution in [2.24, 2.45) is 5.90 Å². The van der Waals surface area contributed by atoms with Gasteiger partial charge in [0, 0.05) is 0 Å². The summed E-state index contributed by atoms with van der Waals surface area (Å²) in [7, 11) is 0. The molecule has 70 valence electrons. The van der Waals surface area contributed by atoms with Crippen LogP contribution in [0.1, 0.15) is 5.56 Å². The minimum Gasteiger partial charge on any atom is -0.425 e. The summed E-state index contributed by atoms with van der Waals surface area (Å²) in [5.41, 5.74) is 1.15. The standard InChI is InChI=1S/C9H11NO3/c1-7-3-5-9(6-4-7)11-8(2)12-13-10/h3-6H,2,10H2,1H3. The number of hydrogen-bond acceptors (Lipinski definition) is 4. The molecule has 2 N–H and O–H groups in total. The lowest BCUT2D eigenvalue weighted by molar-refractivity contribution is -0.287. The number of benzene rings is 1. The molecule has 0 bridgehead atoms. The first-order valence-electron chi connectivity index (χ1n) is 3.69. The maximum Gasteiger partial charge on any atom is 0.317 e. The molecular formula is C9H11NO3. The molecule has 0 amide bonds. The van der Waals surface area contributed by atoms with Gasteiger partial charge < -0.3 is 4.74 Å². The van der Waals surface area contributed by atoms with Crippen LogP contribution in [0.3, 0.4) is 0 Å². The summed E-state index contributed by atoms with van der Waals surface area (Å²) in [6, 6.07) is 7.40. The molecule has 0 fully saturated rings. The van der Waals surface area contributed by atoms with Crippen LogP contribution in [0.2, 0.25) is 0 Å². The van der Waals surface area contributed by atoms with Crippen molar-refractivity contribution in [3.8, 4) is 5.75 Å². The summed E-state index contributed by atoms with van der Waals surface area (Å²) in [4.78, 5) is 8.21. The molecule has 13 heavy (non-hydrogen) atoms. The maximum absolute atomic E-state index is 5.09. The van der Waals surface area contributed by atoms with Gasteiger partial charge in [-0.1, -0.05) is 22.7 Å². The Hall–Kier alpha value is -1.52. The van der Waals surface area contributed by atoms with Crippen molar-refractivity contribution < 1.29 is 14.6 Å². The average molecular weight is 181 g/mol. The quantitative estimate of drug-likeness (QED) is 0.436. The first-order valence-corrected chi connectivity index (χ1v) is 3.69. The van der Waals surface area contributed by atoms with Crippen LogP contribution < -0.4 is 10.6 Å². The Balaban J connectivity index is 2.54. The Morgan fingerprint density at radius 1 is 1.31 bits per heavy atom. The van der Waals surface area contributed by atoms with E-state index in [9.17, 15) is 0 Å². The molecular weight excluding hydrogens is 170 g/mol. The highest BCUT2D eigenvalue weighted by atomic mass is 17.3. The van der Waals surface area contributed by atoms with E-state index in [1.54, 1.807) is 12.1 Å². The van der Waals surface area contributed by atoms with Crippen molar-refractivity contribution in [3.05, 3.63) is 42.4 Å². The molecule has 0 aliphatic rings. The van der Waals surface area contributed by atoms with Crippen molar-refractivity contribution in [2.45, 2.75) is 6.92 Å². The highest BCUT2D eigenvalue weighted by Gasteiger charge is 1.98. The van der Waals surface area contributed by atoms with Crippen LogP contribution >= 0.6 is 0 Å². The van der Waals surface area contributed by atoms with Crippen LogP contribution in [0, 0.1) is 6.92 Å². The van der Waals surface area contributed by atoms with Gasteiger partial charge in [0.05, 0.1) is 0 Å². The molecule has 1 rings (SSSR count). The monoisotopic (exact) mass is 181 g/mol. The first-order chi connectivity index (χ1) is 6.22. The Morgan fingerprint density at radius 3 is 2.46 bits per heavy atom. The molecule has 0 heterocycles. The van der Waals surface area contributed by atoms with E-state index in [-0.39, 0.29) is 5.95 Å². The molecule has 0 aliphatic heterocycles. The molecule has 1 aromatic carbocycles. The van der Waals surface area contributed by atoms with Crippen LogP contribution in [-0.4, -0.2) is 0 Å². The molecule has 0 unspecified atom stereocenters. The van der Waals surface area contributed by atoms with Crippen molar-refractivity contribution >= 4 is 0 Å². The lowest BCUT2D eigenvalue weighted by atomic mass is 10.2. The molecule has 0 aromatic heterocycles. The fourth-order valence-corrected chi connectivity index (χ4v) is 0.808. The Kier molecular flexibility index (Phi) is 3.31. The van der Waals surface area contributed by atoms with Crippen LogP contribution in [0.5, 0.6) is 5.75 Å². The van der Waals surface area contributed by atoms with Gasteiger partial charge in [-0.3, -0.25) is 4.89 Å². The van der Waals surface area contributed by atoms with Gasteiger partial charge in [0.15, 0.2) is 0 Å². The van der Waals surface area contributed by atoms with E-state index in [1.165, 1.54) is 0 Å². The lowest BCUT2D eigenvalue weighted by Crippen LogP contribution is -2.04. The third-order valence-corrected chi connectivity index (χ3v) is 1.39. The number of ether oxygens (including phenoxy) is 1. The summed E-state index contributed by atoms with van der Waals surface area (Å²) in [5.74, 6) is 5.25. The van der Waals surface area contributed by atoms with Crippen LogP contribution in [0.4, 0.5) is 0 Å². The normalized spacial score (nSPS) is 9.38. The highest BCUT2D eigenvalue weighted by molar-refractivity contribution is 5.27. The minimum absolute atomic E-state index is 0.00801. The van der Waals surface area contributed by atoms with Crippen molar-refractivity contribution in [1.82, 2.24) is 0 Å². The average Bonchev–Trinajstić information content (AvgIpc) is 2.09. The smallest absolute Gasteiger partial charge is 0.317 e. The molecule has 0 aliphatic carbocycles. The Morgan fingerprint density at radius 2 is 1.92 bits per heavy atom. The molecule has 0 spiro atoms. The van der Waals surface area contributed by atoms with Gasteiger partial charge in [0.1, 0.15) is 5.75 Å². The Labute approximate surface area is 76.4 Å². The van der Waals surface area contributed by atoms with E-state index in [2.05, 4.69) is 22.4 Å². The van der Waals surface area contributed by atoms with Gasteiger partial charge in [-0.15, -0.1) is 0 Å². The fourth-order valence-electron chi connectivity index (χ4n) is 0.808. The second kappa shape index (κ2) is 4.49. The second-order valence-electron chi connectivity index (χ2n) is 2.47. The third kappa shape index (κ3) is 3.14. The second-order valence-corrected chi connectivity index (χ2v) is 2.47. The first kappa shape index (κ1) is 9.57. The van der Waals surface area contributed by atoms with Gasteiger partial charge in [-0.25, -0.2) is 0 Å². The minimum atomic E-state index is -0.00801. The van der Waals surface area contributed by atoms with Crippen LogP contribution in [-0.2, 0) is 9.88 Å². The van der Waals surface area contributed by atoms with Gasteiger partial charge >= 0.3 is 5.95 Å². The molecule has 0 radical (unpaired) electrons. The van der Waals surface area contributed by atoms with Crippen molar-refractivity contribution in [1.29, 1.82) is 0 Å². The summed E-state index contributed by atoms with van der Waals surface area (Å²) in [6.07, 6.45) is 0. The van der Waals surface area contributed by atoms with Gasteiger partial charge in [0.2, 0.25) is 0 Å². The molecule has 0 saturated carbocycles. The largest absolute Gasteiger partial charge is 0.425 e. The van der Waals surface area contributed by atoms with E-state index in [0.717, 1.165) is 5.56 Å². The van der Waals surface area contributed by atoms with Crippen molar-refractivity contribution in [3.63, 3.8) is 0 Å². The summed E-state index contributed by atoms with van der Waals surface area (Å²) < 4.78 is 5.09. The molecule has 0 atom stereocenters. The zero-order valence-corrected chi connectivity index (χ0v) is 7.32. The van der Waals surface area contributed by atoms with Gasteiger partial charge in [-0.2, -0.15) is 5.90 Å². The third-order valence-electron chi connectivity index (χ3n) is 1.39. The summed E-state index contributed by atoms with van der Waals surface area (Å²) >= 11 is 0. The van der Waals surface area contributed by atoms with E-state index in [1.807, 2.05) is 19.1 Å². The van der Waals surface area contributed by atoms with E-state index < -0.39 is 0 Å². The van der Waals surface area contributed by atoms with Crippen LogP contribution in [0.15, 0.2) is 36.8 Å². The lowest BCUT2D eigenvalue weighted by Gasteiger charge is -2.05. The summed E-state index contributed by atoms with van der Waals surface area (Å²) in [6.45, 7) is 5.40. The fraction of sp³-hybridized carbons (Fsp3) is 0.111. The van der Waals surface area contributed by atoms with E-state index in [0.29, 0.717) is 5.75 Å². The number of aryl methyl sites for hydroxylation is 1. The summed E-state index contributed by atoms with van der Waals surface area (Å²) in [5, 5.41) is 0. The number of nitrogens with two attached hydrogens (primary N) is 1. The Bertz CT molecular complexity index is 281. The van der Waals surface area contributed by atoms with E-state index >= 15 is 0 Å².